The second-order valence-corrected chi connectivity index (χ2v) is 6.70. The first-order valence-corrected chi connectivity index (χ1v) is 9.04. The summed E-state index contributed by atoms with van der Waals surface area (Å²) >= 11 is 1.11. The van der Waals surface area contributed by atoms with E-state index in [4.69, 9.17) is 9.47 Å². The van der Waals surface area contributed by atoms with Crippen molar-refractivity contribution in [2.24, 2.45) is 0 Å². The number of hydrogen-bond acceptors (Lipinski definition) is 5. The number of nitrogens with one attached hydrogen (secondary N) is 1. The molecule has 1 aromatic heterocycles. The van der Waals surface area contributed by atoms with Crippen LogP contribution >= 0.6 is 11.5 Å². The van der Waals surface area contributed by atoms with E-state index in [1.165, 1.54) is 12.1 Å². The number of nitrogens with zero attached hydrogens (tertiary/aromatic N) is 1. The van der Waals surface area contributed by atoms with Crippen molar-refractivity contribution in [3.05, 3.63) is 64.8 Å². The number of aromatic nitrogens is 1. The van der Waals surface area contributed by atoms with Crippen LogP contribution in [0.1, 0.15) is 28.2 Å². The summed E-state index contributed by atoms with van der Waals surface area (Å²) in [6, 6.07) is 13.0. The van der Waals surface area contributed by atoms with Crippen LogP contribution in [-0.2, 0) is 0 Å². The fraction of sp³-hybridized carbons (Fsp3) is 0.200. The second kappa shape index (κ2) is 8.18. The van der Waals surface area contributed by atoms with E-state index in [9.17, 15) is 9.18 Å². The Hall–Kier alpha value is -2.93. The minimum Gasteiger partial charge on any atom is -0.493 e. The lowest BCUT2D eigenvalue weighted by molar-refractivity contribution is 0.0944. The van der Waals surface area contributed by atoms with E-state index < -0.39 is 0 Å². The Balaban J connectivity index is 1.73. The topological polar surface area (TPSA) is 60.5 Å². The van der Waals surface area contributed by atoms with Crippen LogP contribution in [0.3, 0.4) is 0 Å². The van der Waals surface area contributed by atoms with E-state index in [0.717, 1.165) is 22.7 Å². The van der Waals surface area contributed by atoms with Crippen LogP contribution in [0.2, 0.25) is 0 Å². The third-order valence-electron chi connectivity index (χ3n) is 4.13. The Labute approximate surface area is 160 Å². The largest absolute Gasteiger partial charge is 0.493 e. The minimum atomic E-state index is -0.310. The van der Waals surface area contributed by atoms with Crippen molar-refractivity contribution in [1.29, 1.82) is 0 Å². The van der Waals surface area contributed by atoms with Crippen LogP contribution in [0.4, 0.5) is 4.39 Å². The highest BCUT2D eigenvalue weighted by Crippen LogP contribution is 2.30. The highest BCUT2D eigenvalue weighted by molar-refractivity contribution is 7.08. The molecule has 7 heteroatoms. The lowest BCUT2D eigenvalue weighted by Crippen LogP contribution is -2.25. The molecule has 2 aromatic carbocycles. The molecule has 5 nitrogen and oxygen atoms in total. The number of amides is 1. The molecule has 0 fully saturated rings. The van der Waals surface area contributed by atoms with Crippen molar-refractivity contribution in [3.8, 4) is 22.8 Å². The summed E-state index contributed by atoms with van der Waals surface area (Å²) in [6.45, 7) is 1.89. The molecule has 0 spiro atoms. The zero-order chi connectivity index (χ0) is 19.4. The zero-order valence-electron chi connectivity index (χ0n) is 15.2. The van der Waals surface area contributed by atoms with Crippen molar-refractivity contribution in [2.45, 2.75) is 13.0 Å². The van der Waals surface area contributed by atoms with Crippen LogP contribution in [-0.4, -0.2) is 24.5 Å². The lowest BCUT2D eigenvalue weighted by atomic mass is 10.1. The molecule has 0 saturated heterocycles. The molecule has 3 rings (SSSR count). The first-order chi connectivity index (χ1) is 13.0. The molecule has 1 amide bonds. The molecular formula is C20H19FN2O3S. The van der Waals surface area contributed by atoms with Gasteiger partial charge in [-0.05, 0) is 66.5 Å². The molecule has 0 aliphatic rings. The van der Waals surface area contributed by atoms with E-state index in [1.807, 2.05) is 19.1 Å². The van der Waals surface area contributed by atoms with Crippen molar-refractivity contribution in [1.82, 2.24) is 9.69 Å². The van der Waals surface area contributed by atoms with Gasteiger partial charge in [-0.1, -0.05) is 6.07 Å². The fourth-order valence-corrected chi connectivity index (χ4v) is 3.27. The predicted octanol–water partition coefficient (Wildman–Crippen LogP) is 4.46. The summed E-state index contributed by atoms with van der Waals surface area (Å²) in [7, 11) is 3.14. The molecule has 3 aromatic rings. The summed E-state index contributed by atoms with van der Waals surface area (Å²) in [4.78, 5) is 13.0. The predicted molar refractivity (Wildman–Crippen MR) is 103 cm³/mol. The maximum absolute atomic E-state index is 13.0. The quantitative estimate of drug-likeness (QED) is 0.680. The average molecular weight is 386 g/mol. The number of halogens is 1. The molecule has 140 valence electrons. The fourth-order valence-electron chi connectivity index (χ4n) is 2.61. The monoisotopic (exact) mass is 386 g/mol. The highest BCUT2D eigenvalue weighted by Gasteiger charge is 2.16. The molecule has 0 saturated carbocycles. The van der Waals surface area contributed by atoms with E-state index in [-0.39, 0.29) is 17.8 Å². The Morgan fingerprint density at radius 2 is 1.78 bits per heavy atom. The average Bonchev–Trinajstić information content (AvgIpc) is 3.18. The first-order valence-electron chi connectivity index (χ1n) is 8.27. The maximum Gasteiger partial charge on any atom is 0.263 e. The van der Waals surface area contributed by atoms with Gasteiger partial charge in [0, 0.05) is 5.56 Å². The summed E-state index contributed by atoms with van der Waals surface area (Å²) in [5, 5.41) is 2.95. The Morgan fingerprint density at radius 3 is 2.44 bits per heavy atom. The molecule has 1 N–H and O–H groups in total. The van der Waals surface area contributed by atoms with Gasteiger partial charge in [0.25, 0.3) is 5.91 Å². The van der Waals surface area contributed by atoms with Gasteiger partial charge in [-0.15, -0.1) is 0 Å². The molecule has 1 heterocycles. The van der Waals surface area contributed by atoms with Gasteiger partial charge >= 0.3 is 0 Å². The first kappa shape index (κ1) is 18.8. The molecular weight excluding hydrogens is 367 g/mol. The van der Waals surface area contributed by atoms with E-state index in [2.05, 4.69) is 9.69 Å². The minimum absolute atomic E-state index is 0.219. The summed E-state index contributed by atoms with van der Waals surface area (Å²) in [6.07, 6.45) is 0. The SMILES string of the molecule is COc1ccc(C(C)NC(=O)c2cc(-c3ccc(F)cc3)ns2)cc1OC. The number of hydrogen-bond donors (Lipinski definition) is 1. The molecule has 0 aliphatic carbocycles. The van der Waals surface area contributed by atoms with E-state index in [1.54, 1.807) is 38.5 Å². The Morgan fingerprint density at radius 1 is 1.07 bits per heavy atom. The maximum atomic E-state index is 13.0. The Bertz CT molecular complexity index is 941. The lowest BCUT2D eigenvalue weighted by Gasteiger charge is -2.16. The number of ether oxygens (including phenoxy) is 2. The molecule has 27 heavy (non-hydrogen) atoms. The van der Waals surface area contributed by atoms with Crippen molar-refractivity contribution >= 4 is 17.4 Å². The van der Waals surface area contributed by atoms with Crippen LogP contribution in [0.15, 0.2) is 48.5 Å². The van der Waals surface area contributed by atoms with E-state index in [0.29, 0.717) is 22.1 Å². The van der Waals surface area contributed by atoms with Crippen LogP contribution in [0, 0.1) is 5.82 Å². The summed E-state index contributed by atoms with van der Waals surface area (Å²) in [5.41, 5.74) is 2.30. The normalized spacial score (nSPS) is 11.7. The van der Waals surface area contributed by atoms with Gasteiger partial charge in [0.1, 0.15) is 10.7 Å². The highest BCUT2D eigenvalue weighted by atomic mass is 32.1. The smallest absolute Gasteiger partial charge is 0.263 e. The number of carbonyl (C=O) groups is 1. The van der Waals surface area contributed by atoms with Crippen LogP contribution in [0.5, 0.6) is 11.5 Å². The van der Waals surface area contributed by atoms with Gasteiger partial charge in [-0.3, -0.25) is 4.79 Å². The van der Waals surface area contributed by atoms with Crippen LogP contribution in [0.25, 0.3) is 11.3 Å². The van der Waals surface area contributed by atoms with Gasteiger partial charge in [0.15, 0.2) is 11.5 Å². The second-order valence-electron chi connectivity index (χ2n) is 5.89. The summed E-state index contributed by atoms with van der Waals surface area (Å²) in [5.74, 6) is 0.706. The van der Waals surface area contributed by atoms with Gasteiger partial charge in [0.2, 0.25) is 0 Å². The zero-order valence-corrected chi connectivity index (χ0v) is 16.0. The van der Waals surface area contributed by atoms with Gasteiger partial charge in [-0.25, -0.2) is 4.39 Å². The van der Waals surface area contributed by atoms with Gasteiger partial charge in [0.05, 0.1) is 26.0 Å². The van der Waals surface area contributed by atoms with Crippen LogP contribution < -0.4 is 14.8 Å². The molecule has 1 atom stereocenters. The number of carbonyl (C=O) groups excluding carboxylic acids is 1. The third-order valence-corrected chi connectivity index (χ3v) is 4.92. The molecule has 0 radical (unpaired) electrons. The summed E-state index contributed by atoms with van der Waals surface area (Å²) < 4.78 is 27.9. The van der Waals surface area contributed by atoms with Crippen molar-refractivity contribution in [3.63, 3.8) is 0 Å². The number of benzene rings is 2. The Kier molecular flexibility index (Phi) is 5.71. The van der Waals surface area contributed by atoms with Gasteiger partial charge < -0.3 is 14.8 Å². The number of methoxy groups -OCH3 is 2. The third kappa shape index (κ3) is 4.25. The van der Waals surface area contributed by atoms with Gasteiger partial charge in [-0.2, -0.15) is 4.37 Å². The molecule has 0 bridgehead atoms. The molecule has 1 unspecified atom stereocenters. The molecule has 0 aliphatic heterocycles. The standard InChI is InChI=1S/C20H19FN2O3S/c1-12(14-6-9-17(25-2)18(10-14)26-3)22-20(24)19-11-16(23-27-19)13-4-7-15(21)8-5-13/h4-12H,1-3H3,(H,22,24). The van der Waals surface area contributed by atoms with E-state index >= 15 is 0 Å². The van der Waals surface area contributed by atoms with Crippen molar-refractivity contribution in [2.75, 3.05) is 14.2 Å². The van der Waals surface area contributed by atoms with Crippen molar-refractivity contribution < 1.29 is 18.7 Å². The number of rotatable bonds is 6.